The van der Waals surface area contributed by atoms with Crippen LogP contribution in [-0.2, 0) is 14.3 Å². The van der Waals surface area contributed by atoms with E-state index in [1.165, 1.54) is 0 Å². The van der Waals surface area contributed by atoms with E-state index in [0.717, 1.165) is 0 Å². The van der Waals surface area contributed by atoms with Crippen LogP contribution in [0.5, 0.6) is 0 Å². The lowest BCUT2D eigenvalue weighted by Crippen LogP contribution is -2.35. The van der Waals surface area contributed by atoms with Crippen LogP contribution in [0.4, 0.5) is 4.79 Å². The minimum absolute atomic E-state index is 0.0351. The maximum Gasteiger partial charge on any atom is 0.407 e. The predicted octanol–water partition coefficient (Wildman–Crippen LogP) is 1.57. The Labute approximate surface area is 138 Å². The van der Waals surface area contributed by atoms with Crippen LogP contribution in [0, 0.1) is 5.92 Å². The number of hydrogen-bond donors (Lipinski definition) is 3. The fourth-order valence-corrected chi connectivity index (χ4v) is 1.67. The van der Waals surface area contributed by atoms with Crippen LogP contribution in [0.2, 0.25) is 0 Å². The lowest BCUT2D eigenvalue weighted by Gasteiger charge is -2.19. The van der Waals surface area contributed by atoms with Crippen LogP contribution in [0.25, 0.3) is 0 Å². The summed E-state index contributed by atoms with van der Waals surface area (Å²) >= 11 is 0. The fourth-order valence-electron chi connectivity index (χ4n) is 1.67. The molecule has 0 aromatic rings. The van der Waals surface area contributed by atoms with Crippen molar-refractivity contribution >= 4 is 17.9 Å². The summed E-state index contributed by atoms with van der Waals surface area (Å²) in [5.74, 6) is 0.231. The van der Waals surface area contributed by atoms with E-state index in [0.29, 0.717) is 31.8 Å². The highest BCUT2D eigenvalue weighted by Gasteiger charge is 2.15. The van der Waals surface area contributed by atoms with Crippen molar-refractivity contribution in [2.75, 3.05) is 19.6 Å². The molecule has 0 rings (SSSR count). The molecule has 0 spiro atoms. The van der Waals surface area contributed by atoms with Gasteiger partial charge in [0.1, 0.15) is 5.60 Å². The van der Waals surface area contributed by atoms with Crippen LogP contribution < -0.4 is 16.0 Å². The molecule has 0 aromatic carbocycles. The largest absolute Gasteiger partial charge is 0.444 e. The van der Waals surface area contributed by atoms with Gasteiger partial charge in [-0.3, -0.25) is 9.59 Å². The Hall–Kier alpha value is -1.79. The molecule has 3 amide bonds. The van der Waals surface area contributed by atoms with Gasteiger partial charge in [-0.15, -0.1) is 0 Å². The number of nitrogens with one attached hydrogen (secondary N) is 3. The first-order chi connectivity index (χ1) is 10.6. The van der Waals surface area contributed by atoms with Gasteiger partial charge in [0, 0.05) is 32.5 Å². The highest BCUT2D eigenvalue weighted by molar-refractivity contribution is 5.77. The predicted molar refractivity (Wildman–Crippen MR) is 88.9 cm³/mol. The Morgan fingerprint density at radius 3 is 2.00 bits per heavy atom. The summed E-state index contributed by atoms with van der Waals surface area (Å²) in [7, 11) is 0. The van der Waals surface area contributed by atoms with E-state index in [1.807, 2.05) is 13.8 Å². The first-order valence-corrected chi connectivity index (χ1v) is 8.10. The van der Waals surface area contributed by atoms with Gasteiger partial charge in [-0.1, -0.05) is 13.8 Å². The summed E-state index contributed by atoms with van der Waals surface area (Å²) < 4.78 is 5.06. The number of carbonyl (C=O) groups is 3. The molecule has 0 saturated carbocycles. The molecule has 0 aliphatic heterocycles. The lowest BCUT2D eigenvalue weighted by molar-refractivity contribution is -0.121. The van der Waals surface area contributed by atoms with Gasteiger partial charge in [-0.25, -0.2) is 4.79 Å². The standard InChI is InChI=1S/C16H31N3O4/c1-12(2)11-14(21)18-9-6-8-17-13(20)7-10-19-15(22)23-16(3,4)5/h12H,6-11H2,1-5H3,(H,17,20)(H,18,21)(H,19,22). The molecule has 0 aliphatic rings. The maximum atomic E-state index is 11.6. The normalized spacial score (nSPS) is 11.0. The Bertz CT molecular complexity index is 389. The number of alkyl carbamates (subject to hydrolysis) is 1. The van der Waals surface area contributed by atoms with Gasteiger partial charge in [0.2, 0.25) is 11.8 Å². The van der Waals surface area contributed by atoms with Crippen LogP contribution in [0.1, 0.15) is 53.9 Å². The van der Waals surface area contributed by atoms with Gasteiger partial charge in [-0.2, -0.15) is 0 Å². The number of amides is 3. The Kier molecular flexibility index (Phi) is 10.0. The zero-order chi connectivity index (χ0) is 17.9. The van der Waals surface area contributed by atoms with E-state index in [-0.39, 0.29) is 24.8 Å². The van der Waals surface area contributed by atoms with E-state index in [2.05, 4.69) is 16.0 Å². The molecule has 0 heterocycles. The Morgan fingerprint density at radius 2 is 1.48 bits per heavy atom. The van der Waals surface area contributed by atoms with Crippen LogP contribution in [-0.4, -0.2) is 43.1 Å². The molecule has 0 radical (unpaired) electrons. The zero-order valence-electron chi connectivity index (χ0n) is 15.0. The molecule has 23 heavy (non-hydrogen) atoms. The van der Waals surface area contributed by atoms with Gasteiger partial charge in [0.25, 0.3) is 0 Å². The number of ether oxygens (including phenoxy) is 1. The smallest absolute Gasteiger partial charge is 0.407 e. The Morgan fingerprint density at radius 1 is 0.913 bits per heavy atom. The molecule has 0 aliphatic carbocycles. The summed E-state index contributed by atoms with van der Waals surface area (Å²) in [5.41, 5.74) is -0.549. The quantitative estimate of drug-likeness (QED) is 0.559. The second-order valence-electron chi connectivity index (χ2n) is 6.83. The first-order valence-electron chi connectivity index (χ1n) is 8.10. The van der Waals surface area contributed by atoms with E-state index in [4.69, 9.17) is 4.74 Å². The molecule has 7 heteroatoms. The second-order valence-corrected chi connectivity index (χ2v) is 6.83. The van der Waals surface area contributed by atoms with Gasteiger partial charge < -0.3 is 20.7 Å². The fraction of sp³-hybridized carbons (Fsp3) is 0.812. The monoisotopic (exact) mass is 329 g/mol. The number of rotatable bonds is 9. The van der Waals surface area contributed by atoms with Crippen molar-refractivity contribution in [1.29, 1.82) is 0 Å². The van der Waals surface area contributed by atoms with Crippen molar-refractivity contribution in [2.24, 2.45) is 5.92 Å². The molecule has 0 atom stereocenters. The molecular weight excluding hydrogens is 298 g/mol. The summed E-state index contributed by atoms with van der Waals surface area (Å²) in [6, 6.07) is 0. The van der Waals surface area contributed by atoms with E-state index in [9.17, 15) is 14.4 Å². The SMILES string of the molecule is CC(C)CC(=O)NCCCNC(=O)CCNC(=O)OC(C)(C)C. The van der Waals surface area contributed by atoms with Crippen molar-refractivity contribution in [2.45, 2.75) is 59.5 Å². The third-order valence-electron chi connectivity index (χ3n) is 2.61. The minimum Gasteiger partial charge on any atom is -0.444 e. The second kappa shape index (κ2) is 10.9. The molecule has 7 nitrogen and oxygen atoms in total. The van der Waals surface area contributed by atoms with Crippen LogP contribution >= 0.6 is 0 Å². The van der Waals surface area contributed by atoms with Gasteiger partial charge in [0.15, 0.2) is 0 Å². The summed E-state index contributed by atoms with van der Waals surface area (Å²) in [6.07, 6.45) is 0.856. The highest BCUT2D eigenvalue weighted by atomic mass is 16.6. The minimum atomic E-state index is -0.549. The number of hydrogen-bond acceptors (Lipinski definition) is 4. The summed E-state index contributed by atoms with van der Waals surface area (Å²) in [5, 5.41) is 8.07. The molecule has 0 bridgehead atoms. The van der Waals surface area contributed by atoms with Crippen LogP contribution in [0.15, 0.2) is 0 Å². The van der Waals surface area contributed by atoms with Gasteiger partial charge in [0.05, 0.1) is 0 Å². The van der Waals surface area contributed by atoms with Crippen LogP contribution in [0.3, 0.4) is 0 Å². The van der Waals surface area contributed by atoms with Crippen molar-refractivity contribution in [1.82, 2.24) is 16.0 Å². The van der Waals surface area contributed by atoms with E-state index >= 15 is 0 Å². The van der Waals surface area contributed by atoms with Crippen molar-refractivity contribution in [3.8, 4) is 0 Å². The van der Waals surface area contributed by atoms with E-state index in [1.54, 1.807) is 20.8 Å². The van der Waals surface area contributed by atoms with Crippen molar-refractivity contribution in [3.63, 3.8) is 0 Å². The topological polar surface area (TPSA) is 96.5 Å². The van der Waals surface area contributed by atoms with Gasteiger partial charge in [-0.05, 0) is 33.1 Å². The first kappa shape index (κ1) is 21.2. The Balaban J connectivity index is 3.58. The zero-order valence-corrected chi connectivity index (χ0v) is 15.0. The third-order valence-corrected chi connectivity index (χ3v) is 2.61. The summed E-state index contributed by atoms with van der Waals surface area (Å²) in [6.45, 7) is 10.6. The molecule has 3 N–H and O–H groups in total. The van der Waals surface area contributed by atoms with Gasteiger partial charge >= 0.3 is 6.09 Å². The third kappa shape index (κ3) is 14.9. The van der Waals surface area contributed by atoms with E-state index < -0.39 is 11.7 Å². The molecule has 0 fully saturated rings. The molecule has 0 aromatic heterocycles. The number of carbonyl (C=O) groups excluding carboxylic acids is 3. The van der Waals surface area contributed by atoms with Crippen molar-refractivity contribution in [3.05, 3.63) is 0 Å². The molecule has 0 saturated heterocycles. The average molecular weight is 329 g/mol. The maximum absolute atomic E-state index is 11.6. The lowest BCUT2D eigenvalue weighted by atomic mass is 10.1. The summed E-state index contributed by atoms with van der Waals surface area (Å²) in [4.78, 5) is 34.3. The highest BCUT2D eigenvalue weighted by Crippen LogP contribution is 2.06. The molecule has 0 unspecified atom stereocenters. The molecular formula is C16H31N3O4. The van der Waals surface area contributed by atoms with Crippen molar-refractivity contribution < 1.29 is 19.1 Å². The molecule has 134 valence electrons. The average Bonchev–Trinajstić information content (AvgIpc) is 2.35.